The van der Waals surface area contributed by atoms with Gasteiger partial charge in [0.2, 0.25) is 23.6 Å². The molecule has 0 radical (unpaired) electrons. The van der Waals surface area contributed by atoms with E-state index in [1.54, 1.807) is 70.7 Å². The highest BCUT2D eigenvalue weighted by Crippen LogP contribution is 2.41. The molecule has 0 unspecified atom stereocenters. The van der Waals surface area contributed by atoms with Gasteiger partial charge in [-0.25, -0.2) is 4.79 Å². The molecular weight excluding hydrogens is 1010 g/mol. The lowest BCUT2D eigenvalue weighted by molar-refractivity contribution is -0.148. The summed E-state index contributed by atoms with van der Waals surface area (Å²) in [6, 6.07) is 14.0. The molecule has 0 saturated carbocycles. The van der Waals surface area contributed by atoms with Gasteiger partial charge in [0.25, 0.3) is 0 Å². The van der Waals surface area contributed by atoms with Crippen LogP contribution in [-0.4, -0.2) is 138 Å². The number of rotatable bonds is 23. The fourth-order valence-corrected chi connectivity index (χ4v) is 13.7. The van der Waals surface area contributed by atoms with Gasteiger partial charge in [0.15, 0.2) is 0 Å². The maximum Gasteiger partial charge on any atom is 0.410 e. The van der Waals surface area contributed by atoms with Crippen molar-refractivity contribution >= 4 is 69.7 Å². The number of halogens is 1. The predicted molar refractivity (Wildman–Crippen MR) is 275 cm³/mol. The molecule has 12 atom stereocenters. The van der Waals surface area contributed by atoms with E-state index >= 15 is 0 Å². The molecule has 0 aromatic heterocycles. The Morgan fingerprint density at radius 2 is 1.48 bits per heavy atom. The van der Waals surface area contributed by atoms with Gasteiger partial charge >= 0.3 is 6.09 Å². The number of carbonyl (C=O) groups excluding carboxylic acids is 5. The quantitative estimate of drug-likeness (QED) is 0.0740. The monoisotopic (exact) mass is 1080 g/mol. The van der Waals surface area contributed by atoms with E-state index in [-0.39, 0.29) is 59.3 Å². The molecule has 5 amide bonds. The molecule has 2 aliphatic rings. The second kappa shape index (κ2) is 26.8. The van der Waals surface area contributed by atoms with Crippen molar-refractivity contribution in [2.24, 2.45) is 23.7 Å². The van der Waals surface area contributed by atoms with Gasteiger partial charge in [-0.05, 0) is 68.6 Å². The third kappa shape index (κ3) is 14.5. The topological polar surface area (TPSA) is 167 Å². The van der Waals surface area contributed by atoms with Crippen LogP contribution in [0.3, 0.4) is 0 Å². The number of hydrogen-bond donors (Lipinski definition) is 3. The number of likely N-dealkylation sites (N-methyl/N-ethyl adjacent to an activating group) is 2. The number of carbonyl (C=O) groups is 5. The first kappa shape index (κ1) is 56.5. The van der Waals surface area contributed by atoms with Crippen molar-refractivity contribution in [3.63, 3.8) is 0 Å². The molecule has 67 heavy (non-hydrogen) atoms. The van der Waals surface area contributed by atoms with E-state index in [1.165, 1.54) is 10.5 Å². The number of aliphatic hydroxyl groups is 1. The molecule has 0 spiro atoms. The second-order valence-corrected chi connectivity index (χ2v) is 24.2. The Labute approximate surface area is 419 Å². The summed E-state index contributed by atoms with van der Waals surface area (Å²) < 4.78 is 18.2. The van der Waals surface area contributed by atoms with Crippen molar-refractivity contribution in [1.29, 1.82) is 0 Å². The number of hydrogen-bond acceptors (Lipinski definition) is 11. The van der Waals surface area contributed by atoms with Crippen molar-refractivity contribution in [2.75, 3.05) is 34.9 Å². The fraction of sp³-hybridized carbons (Fsp3) is 0.660. The highest BCUT2D eigenvalue weighted by atomic mass is 127. The van der Waals surface area contributed by atoms with Crippen LogP contribution in [-0.2, 0) is 46.2 Å². The van der Waals surface area contributed by atoms with Gasteiger partial charge in [0.1, 0.15) is 18.2 Å². The highest BCUT2D eigenvalue weighted by molar-refractivity contribution is 14.2. The Bertz CT molecular complexity index is 1930. The fourth-order valence-electron chi connectivity index (χ4n) is 9.82. The molecule has 0 bridgehead atoms. The molecule has 2 aromatic rings. The van der Waals surface area contributed by atoms with Crippen LogP contribution in [0.15, 0.2) is 54.6 Å². The zero-order chi connectivity index (χ0) is 49.7. The molecule has 374 valence electrons. The Morgan fingerprint density at radius 1 is 0.851 bits per heavy atom. The molecule has 4 rings (SSSR count). The molecule has 1 fully saturated rings. The number of nitrogens with one attached hydrogen (secondary N) is 2. The summed E-state index contributed by atoms with van der Waals surface area (Å²) in [4.78, 5) is 75.6. The summed E-state index contributed by atoms with van der Waals surface area (Å²) in [5, 5.41) is 16.9. The average Bonchev–Trinajstić information content (AvgIpc) is 3.80. The predicted octanol–water partition coefficient (Wildman–Crippen LogP) is 7.65. The second-order valence-electron chi connectivity index (χ2n) is 19.1. The third-order valence-corrected chi connectivity index (χ3v) is 17.5. The van der Waals surface area contributed by atoms with Gasteiger partial charge in [-0.3, -0.25) is 24.1 Å². The molecule has 1 heterocycles. The molecule has 17 heteroatoms. The number of benzene rings is 2. The normalized spacial score (nSPS) is 21.2. The lowest BCUT2D eigenvalue weighted by Crippen LogP contribution is -2.60. The molecule has 1 aliphatic carbocycles. The minimum absolute atomic E-state index is 0.0273. The number of aliphatic hydroxyl groups excluding tert-OH is 1. The van der Waals surface area contributed by atoms with Crippen LogP contribution in [0.1, 0.15) is 104 Å². The minimum atomic E-state index is -0.950. The van der Waals surface area contributed by atoms with E-state index in [1.807, 2.05) is 84.0 Å². The van der Waals surface area contributed by atoms with Gasteiger partial charge < -0.3 is 39.8 Å². The van der Waals surface area contributed by atoms with Crippen LogP contribution in [0.25, 0.3) is 0 Å². The third-order valence-electron chi connectivity index (χ3n) is 13.9. The lowest BCUT2D eigenvalue weighted by Gasteiger charge is -2.41. The summed E-state index contributed by atoms with van der Waals surface area (Å²) in [6.07, 6.45) is 0.171. The largest absolute Gasteiger partial charge is 0.445 e. The zero-order valence-electron chi connectivity index (χ0n) is 41.5. The SMILES string of the molecule is CC[C@H](C)[C@@H]([C@@H](CC(=O)N1CCC[C@H]1[C@H](OC)[C@@H](C)C(=O)N[C@H](C)[C@@H](O)c1ccccc1)OC)N(C)C(=O)[C@@H](NC(=O)[C@H](C(C)C)N(C)C(=O)O[C@H]1Cc2ccccc2C[C@@H]1SSI)C(C)C. The number of methoxy groups -OCH3 is 2. The van der Waals surface area contributed by atoms with Crippen molar-refractivity contribution in [1.82, 2.24) is 25.3 Å². The van der Waals surface area contributed by atoms with Crippen molar-refractivity contribution in [2.45, 2.75) is 154 Å². The van der Waals surface area contributed by atoms with E-state index in [2.05, 4.69) is 44.0 Å². The van der Waals surface area contributed by atoms with Crippen molar-refractivity contribution in [3.8, 4) is 0 Å². The Hall–Kier alpha value is -3.10. The lowest BCUT2D eigenvalue weighted by atomic mass is 9.89. The minimum Gasteiger partial charge on any atom is -0.445 e. The van der Waals surface area contributed by atoms with Crippen LogP contribution in [0.2, 0.25) is 0 Å². The molecular formula is C50H76IN5O9S2. The Morgan fingerprint density at radius 3 is 2.04 bits per heavy atom. The Kier molecular flexibility index (Phi) is 22.6. The molecule has 14 nitrogen and oxygen atoms in total. The van der Waals surface area contributed by atoms with Gasteiger partial charge in [0, 0.05) is 62.5 Å². The summed E-state index contributed by atoms with van der Waals surface area (Å²) in [5.41, 5.74) is 3.09. The number of nitrogens with zero attached hydrogens (tertiary/aromatic N) is 3. The number of ether oxygens (including phenoxy) is 3. The van der Waals surface area contributed by atoms with E-state index in [9.17, 15) is 29.1 Å². The van der Waals surface area contributed by atoms with Crippen LogP contribution in [0.4, 0.5) is 4.79 Å². The van der Waals surface area contributed by atoms with E-state index < -0.39 is 60.4 Å². The number of fused-ring (bicyclic) bond motifs is 1. The van der Waals surface area contributed by atoms with Gasteiger partial charge in [-0.15, -0.1) is 0 Å². The first-order valence-electron chi connectivity index (χ1n) is 23.7. The van der Waals surface area contributed by atoms with Crippen molar-refractivity contribution in [3.05, 3.63) is 71.3 Å². The summed E-state index contributed by atoms with van der Waals surface area (Å²) >= 11 is 2.24. The van der Waals surface area contributed by atoms with Gasteiger partial charge in [-0.2, -0.15) is 0 Å². The maximum absolute atomic E-state index is 14.7. The molecule has 1 aliphatic heterocycles. The average molecular weight is 1080 g/mol. The van der Waals surface area contributed by atoms with Gasteiger partial charge in [-0.1, -0.05) is 120 Å². The Balaban J connectivity index is 1.47. The summed E-state index contributed by atoms with van der Waals surface area (Å²) in [7, 11) is 9.63. The highest BCUT2D eigenvalue weighted by Gasteiger charge is 2.44. The molecule has 3 N–H and O–H groups in total. The number of amides is 5. The van der Waals surface area contributed by atoms with E-state index in [0.717, 1.165) is 18.4 Å². The zero-order valence-corrected chi connectivity index (χ0v) is 45.3. The van der Waals surface area contributed by atoms with E-state index in [0.29, 0.717) is 31.4 Å². The standard InChI is InChI=1S/C50H76IN5O9S2/c1-13-31(6)44(39(63-11)28-41(57)56-25-19-24-37(56)46(64-12)32(7)47(59)52-33(8)45(58)34-20-15-14-16-21-34)54(9)49(61)42(29(2)3)53-48(60)43(30(4)5)55(10)50(62)65-38-26-35-22-17-18-23-36(35)27-40(38)66-67-51/h14-18,20-23,29-33,37-40,42-46,58H,13,19,24-28H2,1-12H3,(H,52,59)(H,53,60)/t31-,32+,33+,37-,38-,39+,40-,42-,43-,44-,45+,46+/m0/s1. The van der Waals surface area contributed by atoms with Crippen LogP contribution >= 0.6 is 40.0 Å². The molecule has 2 aromatic carbocycles. The first-order valence-corrected chi connectivity index (χ1v) is 28.5. The van der Waals surface area contributed by atoms with Crippen molar-refractivity contribution < 1.29 is 43.3 Å². The summed E-state index contributed by atoms with van der Waals surface area (Å²) in [6.45, 7) is 15.5. The first-order chi connectivity index (χ1) is 31.8. The molecule has 1 saturated heterocycles. The number of likely N-dealkylation sites (tertiary alicyclic amines) is 1. The van der Waals surface area contributed by atoms with Gasteiger partial charge in [0.05, 0.1) is 54.0 Å². The smallest absolute Gasteiger partial charge is 0.410 e. The van der Waals surface area contributed by atoms with Crippen LogP contribution in [0.5, 0.6) is 0 Å². The maximum atomic E-state index is 14.7. The van der Waals surface area contributed by atoms with E-state index in [4.69, 9.17) is 14.2 Å². The van der Waals surface area contributed by atoms with Crippen LogP contribution < -0.4 is 10.6 Å². The van der Waals surface area contributed by atoms with Crippen LogP contribution in [0, 0.1) is 23.7 Å². The summed E-state index contributed by atoms with van der Waals surface area (Å²) in [5.74, 6) is -2.64.